The summed E-state index contributed by atoms with van der Waals surface area (Å²) < 4.78 is 10.7. The van der Waals surface area contributed by atoms with Crippen LogP contribution in [0.2, 0.25) is 0 Å². The summed E-state index contributed by atoms with van der Waals surface area (Å²) >= 11 is 15.1. The van der Waals surface area contributed by atoms with E-state index in [1.54, 1.807) is 48.5 Å². The molecule has 0 saturated carbocycles. The summed E-state index contributed by atoms with van der Waals surface area (Å²) in [7, 11) is 1.52. The Bertz CT molecular complexity index is 1740. The second-order valence-electron chi connectivity index (χ2n) is 11.5. The lowest BCUT2D eigenvalue weighted by Gasteiger charge is -2.54. The van der Waals surface area contributed by atoms with Gasteiger partial charge in [0.05, 0.1) is 18.9 Å². The molecular formula is C36H27Cl2NO6. The number of carbonyl (C=O) groups excluding carboxylic acids is 4. The Morgan fingerprint density at radius 3 is 1.67 bits per heavy atom. The minimum absolute atomic E-state index is 0.0161. The Morgan fingerprint density at radius 1 is 0.733 bits per heavy atom. The lowest BCUT2D eigenvalue weighted by atomic mass is 9.54. The fourth-order valence-corrected chi connectivity index (χ4v) is 8.30. The molecule has 4 aromatic carbocycles. The van der Waals surface area contributed by atoms with Crippen LogP contribution in [0.25, 0.3) is 0 Å². The number of likely N-dealkylation sites (tertiary alicyclic amines) is 1. The molecule has 45 heavy (non-hydrogen) atoms. The van der Waals surface area contributed by atoms with Crippen LogP contribution in [0.4, 0.5) is 0 Å². The van der Waals surface area contributed by atoms with E-state index in [9.17, 15) is 19.2 Å². The minimum atomic E-state index is -1.39. The van der Waals surface area contributed by atoms with Crippen molar-refractivity contribution in [2.24, 2.45) is 11.8 Å². The number of imide groups is 1. The number of esters is 1. The molecule has 0 N–H and O–H groups in total. The third-order valence-corrected chi connectivity index (χ3v) is 10.5. The SMILES string of the molecule is COc1ccc(C(=O)COC(=O)[C@H](Cc2ccccc2)N2C(=O)[C@H]3[C@H](C2=O)C2(Cl)c4ccccc4C3(Cl)c3ccccc32)cc1. The first-order valence-corrected chi connectivity index (χ1v) is 15.3. The average Bonchev–Trinajstić information content (AvgIpc) is 3.35. The number of carbonyl (C=O) groups is 4. The molecule has 1 saturated heterocycles. The van der Waals surface area contributed by atoms with Crippen LogP contribution in [0.1, 0.15) is 38.2 Å². The predicted molar refractivity (Wildman–Crippen MR) is 167 cm³/mol. The third kappa shape index (κ3) is 4.25. The number of amides is 2. The highest BCUT2D eigenvalue weighted by molar-refractivity contribution is 6.36. The number of Topliss-reactive ketones (excluding diaryl/α,β-unsaturated/α-hetero) is 1. The quantitative estimate of drug-likeness (QED) is 0.108. The number of hydrogen-bond acceptors (Lipinski definition) is 6. The molecular weight excluding hydrogens is 613 g/mol. The number of hydrogen-bond donors (Lipinski definition) is 0. The lowest BCUT2D eigenvalue weighted by Crippen LogP contribution is -2.57. The summed E-state index contributed by atoms with van der Waals surface area (Å²) in [6.07, 6.45) is -0.0161. The second kappa shape index (κ2) is 10.9. The largest absolute Gasteiger partial charge is 0.497 e. The molecule has 0 spiro atoms. The Hall–Kier alpha value is -4.46. The average molecular weight is 641 g/mol. The van der Waals surface area contributed by atoms with Gasteiger partial charge in [-0.15, -0.1) is 23.2 Å². The highest BCUT2D eigenvalue weighted by Crippen LogP contribution is 2.69. The Morgan fingerprint density at radius 2 is 1.20 bits per heavy atom. The van der Waals surface area contributed by atoms with Crippen molar-refractivity contribution in [1.29, 1.82) is 0 Å². The number of benzene rings is 4. The lowest BCUT2D eigenvalue weighted by molar-refractivity contribution is -0.158. The van der Waals surface area contributed by atoms with Gasteiger partial charge in [-0.25, -0.2) is 4.79 Å². The van der Waals surface area contributed by atoms with Crippen LogP contribution in [-0.2, 0) is 35.3 Å². The zero-order valence-corrected chi connectivity index (χ0v) is 25.6. The van der Waals surface area contributed by atoms with E-state index in [0.717, 1.165) is 4.90 Å². The van der Waals surface area contributed by atoms with E-state index in [1.807, 2.05) is 54.6 Å². The van der Waals surface area contributed by atoms with Crippen molar-refractivity contribution in [3.63, 3.8) is 0 Å². The van der Waals surface area contributed by atoms with Gasteiger partial charge in [-0.1, -0.05) is 78.9 Å². The van der Waals surface area contributed by atoms with Crippen molar-refractivity contribution in [3.05, 3.63) is 137 Å². The van der Waals surface area contributed by atoms with Crippen molar-refractivity contribution in [2.75, 3.05) is 13.7 Å². The number of ether oxygens (including phenoxy) is 2. The highest BCUT2D eigenvalue weighted by Gasteiger charge is 2.73. The van der Waals surface area contributed by atoms with Crippen LogP contribution in [-0.4, -0.2) is 48.2 Å². The predicted octanol–water partition coefficient (Wildman–Crippen LogP) is 5.63. The number of alkyl halides is 2. The van der Waals surface area contributed by atoms with Gasteiger partial charge in [-0.05, 0) is 52.1 Å². The van der Waals surface area contributed by atoms with Gasteiger partial charge in [0.25, 0.3) is 0 Å². The number of ketones is 1. The molecule has 4 aliphatic rings. The molecule has 3 atom stereocenters. The molecule has 8 rings (SSSR count). The highest BCUT2D eigenvalue weighted by atomic mass is 35.5. The van der Waals surface area contributed by atoms with Gasteiger partial charge in [-0.2, -0.15) is 0 Å². The zero-order chi connectivity index (χ0) is 31.5. The smallest absolute Gasteiger partial charge is 0.330 e. The number of nitrogens with zero attached hydrogens (tertiary/aromatic N) is 1. The van der Waals surface area contributed by atoms with Crippen LogP contribution >= 0.6 is 23.2 Å². The van der Waals surface area contributed by atoms with Gasteiger partial charge in [-0.3, -0.25) is 19.3 Å². The molecule has 7 nitrogen and oxygen atoms in total. The molecule has 1 aliphatic heterocycles. The maximum Gasteiger partial charge on any atom is 0.330 e. The normalized spacial score (nSPS) is 24.8. The zero-order valence-electron chi connectivity index (χ0n) is 24.1. The van der Waals surface area contributed by atoms with E-state index in [0.29, 0.717) is 39.1 Å². The number of halogens is 2. The van der Waals surface area contributed by atoms with E-state index in [-0.39, 0.29) is 6.42 Å². The van der Waals surface area contributed by atoms with E-state index in [4.69, 9.17) is 32.7 Å². The fourth-order valence-electron chi connectivity index (χ4n) is 7.21. The van der Waals surface area contributed by atoms with Crippen LogP contribution in [0.5, 0.6) is 5.75 Å². The maximum absolute atomic E-state index is 14.5. The minimum Gasteiger partial charge on any atom is -0.497 e. The molecule has 226 valence electrons. The summed E-state index contributed by atoms with van der Waals surface area (Å²) in [4.78, 5) is 54.0. The van der Waals surface area contributed by atoms with Gasteiger partial charge >= 0.3 is 5.97 Å². The summed E-state index contributed by atoms with van der Waals surface area (Å²) in [5, 5.41) is 0. The van der Waals surface area contributed by atoms with Crippen LogP contribution in [0.3, 0.4) is 0 Å². The molecule has 2 bridgehead atoms. The van der Waals surface area contributed by atoms with Crippen molar-refractivity contribution in [3.8, 4) is 5.75 Å². The van der Waals surface area contributed by atoms with Crippen molar-refractivity contribution >= 4 is 46.8 Å². The second-order valence-corrected chi connectivity index (χ2v) is 12.7. The van der Waals surface area contributed by atoms with E-state index in [2.05, 4.69) is 0 Å². The summed E-state index contributed by atoms with van der Waals surface area (Å²) in [6, 6.07) is 28.7. The van der Waals surface area contributed by atoms with Crippen LogP contribution < -0.4 is 4.74 Å². The van der Waals surface area contributed by atoms with Gasteiger partial charge in [0.1, 0.15) is 21.5 Å². The van der Waals surface area contributed by atoms with Crippen molar-refractivity contribution < 1.29 is 28.7 Å². The topological polar surface area (TPSA) is 90.0 Å². The van der Waals surface area contributed by atoms with E-state index >= 15 is 0 Å². The molecule has 2 amide bonds. The van der Waals surface area contributed by atoms with Gasteiger partial charge < -0.3 is 9.47 Å². The standard InChI is InChI=1S/C36H27Cl2NO6/c1-44-23-17-15-22(16-18-23)29(40)20-45-34(43)28(19-21-9-3-2-4-10-21)39-32(41)30-31(33(39)42)36(38)25-12-6-5-11-24(25)35(30,37)26-13-7-8-14-27(26)36/h2-18,28,30-31H,19-20H2,1H3/t28-,30+,31+,35?,36?/m0/s1. The maximum atomic E-state index is 14.5. The molecule has 1 heterocycles. The Kier molecular flexibility index (Phi) is 7.06. The number of rotatable bonds is 8. The summed E-state index contributed by atoms with van der Waals surface area (Å²) in [5.41, 5.74) is 3.68. The van der Waals surface area contributed by atoms with Crippen molar-refractivity contribution in [1.82, 2.24) is 4.90 Å². The van der Waals surface area contributed by atoms with Crippen LogP contribution in [0, 0.1) is 11.8 Å². The first kappa shape index (κ1) is 29.3. The van der Waals surface area contributed by atoms with Gasteiger partial charge in [0, 0.05) is 12.0 Å². The molecule has 1 fully saturated rings. The first-order valence-electron chi connectivity index (χ1n) is 14.5. The molecule has 0 unspecified atom stereocenters. The molecule has 9 heteroatoms. The van der Waals surface area contributed by atoms with E-state index < -0.39 is 57.8 Å². The van der Waals surface area contributed by atoms with Gasteiger partial charge in [0.15, 0.2) is 12.4 Å². The van der Waals surface area contributed by atoms with Crippen LogP contribution in [0.15, 0.2) is 103 Å². The van der Waals surface area contributed by atoms with Gasteiger partial charge in [0.2, 0.25) is 11.8 Å². The first-order chi connectivity index (χ1) is 21.7. The molecule has 3 aliphatic carbocycles. The monoisotopic (exact) mass is 639 g/mol. The summed E-state index contributed by atoms with van der Waals surface area (Å²) in [6.45, 7) is -0.574. The van der Waals surface area contributed by atoms with E-state index in [1.165, 1.54) is 7.11 Å². The number of methoxy groups -OCH3 is 1. The fraction of sp³-hybridized carbons (Fsp3) is 0.222. The Balaban J connectivity index is 1.27. The van der Waals surface area contributed by atoms with Crippen molar-refractivity contribution in [2.45, 2.75) is 22.2 Å². The summed E-state index contributed by atoms with van der Waals surface area (Å²) in [5.74, 6) is -4.09. The molecule has 0 aromatic heterocycles. The Labute approximate surface area is 269 Å². The molecule has 0 radical (unpaired) electrons. The third-order valence-electron chi connectivity index (χ3n) is 9.23. The molecule has 4 aromatic rings.